The Bertz CT molecular complexity index is 1350. The van der Waals surface area contributed by atoms with Crippen LogP contribution in [0.4, 0.5) is 0 Å². The fourth-order valence-corrected chi connectivity index (χ4v) is 4.52. The number of aromatic nitrogens is 2. The average Bonchev–Trinajstić information content (AvgIpc) is 3.33. The first-order valence-electron chi connectivity index (χ1n) is 11.0. The zero-order valence-electron chi connectivity index (χ0n) is 18.8. The second-order valence-corrected chi connectivity index (χ2v) is 9.12. The van der Waals surface area contributed by atoms with Crippen molar-refractivity contribution in [2.45, 2.75) is 26.4 Å². The number of allylic oxidation sites excluding steroid dienone is 1. The zero-order chi connectivity index (χ0) is 23.7. The number of aryl methyl sites for hydroxylation is 1. The van der Waals surface area contributed by atoms with Gasteiger partial charge in [0.2, 0.25) is 5.82 Å². The highest BCUT2D eigenvalue weighted by molar-refractivity contribution is 7.80. The molecule has 1 N–H and O–H groups in total. The molecule has 5 nitrogen and oxygen atoms in total. The van der Waals surface area contributed by atoms with Crippen molar-refractivity contribution in [2.75, 3.05) is 0 Å². The number of nitrogens with one attached hydrogen (secondary N) is 1. The number of rotatable bonds is 5. The molecule has 0 spiro atoms. The summed E-state index contributed by atoms with van der Waals surface area (Å²) < 4.78 is 5.81. The molecule has 170 valence electrons. The average molecular weight is 487 g/mol. The van der Waals surface area contributed by atoms with Crippen LogP contribution in [0.3, 0.4) is 0 Å². The first kappa shape index (κ1) is 22.3. The fourth-order valence-electron chi connectivity index (χ4n) is 4.07. The summed E-state index contributed by atoms with van der Waals surface area (Å²) in [6.45, 7) is 4.73. The van der Waals surface area contributed by atoms with E-state index in [1.807, 2.05) is 80.6 Å². The summed E-state index contributed by atoms with van der Waals surface area (Å²) in [5, 5.41) is 9.08. The van der Waals surface area contributed by atoms with Crippen molar-refractivity contribution in [1.82, 2.24) is 20.4 Å². The smallest absolute Gasteiger partial charge is 0.258 e. The van der Waals surface area contributed by atoms with E-state index in [2.05, 4.69) is 27.5 Å². The Morgan fingerprint density at radius 3 is 2.38 bits per heavy atom. The number of hydrogen-bond donors (Lipinski definition) is 1. The van der Waals surface area contributed by atoms with Crippen LogP contribution in [0.25, 0.3) is 17.0 Å². The zero-order valence-corrected chi connectivity index (χ0v) is 20.4. The molecule has 1 unspecified atom stereocenters. The van der Waals surface area contributed by atoms with E-state index in [0.717, 1.165) is 28.0 Å². The first-order valence-corrected chi connectivity index (χ1v) is 11.8. The van der Waals surface area contributed by atoms with Crippen LogP contribution in [0.1, 0.15) is 35.5 Å². The van der Waals surface area contributed by atoms with Crippen LogP contribution >= 0.6 is 23.8 Å². The molecule has 3 aromatic carbocycles. The van der Waals surface area contributed by atoms with Crippen molar-refractivity contribution >= 4 is 34.5 Å². The van der Waals surface area contributed by atoms with Crippen LogP contribution in [0.2, 0.25) is 5.02 Å². The van der Waals surface area contributed by atoms with Crippen LogP contribution in [0.5, 0.6) is 0 Å². The predicted octanol–water partition coefficient (Wildman–Crippen LogP) is 6.56. The van der Waals surface area contributed by atoms with Gasteiger partial charge in [0, 0.05) is 22.8 Å². The van der Waals surface area contributed by atoms with Gasteiger partial charge in [-0.25, -0.2) is 0 Å². The highest BCUT2D eigenvalue weighted by atomic mass is 35.5. The van der Waals surface area contributed by atoms with Crippen molar-refractivity contribution in [2.24, 2.45) is 0 Å². The summed E-state index contributed by atoms with van der Waals surface area (Å²) in [5.41, 5.74) is 6.10. The van der Waals surface area contributed by atoms with Gasteiger partial charge in [0.25, 0.3) is 5.89 Å². The van der Waals surface area contributed by atoms with Crippen molar-refractivity contribution in [3.8, 4) is 11.4 Å². The normalized spacial score (nSPS) is 16.0. The third-order valence-electron chi connectivity index (χ3n) is 5.95. The third-order valence-corrected chi connectivity index (χ3v) is 6.54. The van der Waals surface area contributed by atoms with E-state index in [0.29, 0.717) is 28.4 Å². The topological polar surface area (TPSA) is 54.2 Å². The van der Waals surface area contributed by atoms with Gasteiger partial charge in [-0.05, 0) is 49.3 Å². The lowest BCUT2D eigenvalue weighted by Gasteiger charge is -2.37. The van der Waals surface area contributed by atoms with Crippen LogP contribution in [-0.2, 0) is 6.54 Å². The molecule has 1 aromatic heterocycles. The van der Waals surface area contributed by atoms with E-state index in [1.54, 1.807) is 0 Å². The highest BCUT2D eigenvalue weighted by Gasteiger charge is 2.34. The SMILES string of the molecule is CC1=C(c2nc(-c3ccc(C)cc3)no2)C(c2ccc(Cl)cc2)NC(=S)N1Cc1ccccc1. The Morgan fingerprint density at radius 2 is 1.68 bits per heavy atom. The van der Waals surface area contributed by atoms with Gasteiger partial charge in [0.1, 0.15) is 0 Å². The monoisotopic (exact) mass is 486 g/mol. The summed E-state index contributed by atoms with van der Waals surface area (Å²) in [7, 11) is 0. The molecule has 7 heteroatoms. The van der Waals surface area contributed by atoms with Crippen molar-refractivity contribution in [3.05, 3.63) is 112 Å². The summed E-state index contributed by atoms with van der Waals surface area (Å²) in [5.74, 6) is 1.01. The minimum atomic E-state index is -0.247. The molecule has 5 rings (SSSR count). The maximum atomic E-state index is 6.15. The predicted molar refractivity (Wildman–Crippen MR) is 139 cm³/mol. The van der Waals surface area contributed by atoms with E-state index in [4.69, 9.17) is 33.3 Å². The Morgan fingerprint density at radius 1 is 0.971 bits per heavy atom. The van der Waals surface area contributed by atoms with Crippen molar-refractivity contribution in [1.29, 1.82) is 0 Å². The standard InChI is InChI=1S/C27H23ClN4OS/c1-17-8-10-21(11-9-17)25-30-26(33-31-25)23-18(2)32(16-19-6-4-3-5-7-19)27(34)29-24(23)20-12-14-22(28)15-13-20/h3-15,24H,16H2,1-2H3,(H,29,34). The highest BCUT2D eigenvalue weighted by Crippen LogP contribution is 2.38. The quantitative estimate of drug-likeness (QED) is 0.322. The third kappa shape index (κ3) is 4.47. The summed E-state index contributed by atoms with van der Waals surface area (Å²) in [6.07, 6.45) is 0. The molecular weight excluding hydrogens is 464 g/mol. The minimum Gasteiger partial charge on any atom is -0.351 e. The molecule has 4 aromatic rings. The molecule has 1 aliphatic heterocycles. The van der Waals surface area contributed by atoms with Gasteiger partial charge in [-0.15, -0.1) is 0 Å². The molecule has 0 amide bonds. The second kappa shape index (κ2) is 9.41. The Balaban J connectivity index is 1.59. The first-order chi connectivity index (χ1) is 16.5. The lowest BCUT2D eigenvalue weighted by Crippen LogP contribution is -2.45. The summed E-state index contributed by atoms with van der Waals surface area (Å²) >= 11 is 11.9. The number of halogens is 1. The molecule has 0 bridgehead atoms. The Hall–Kier alpha value is -3.48. The lowest BCUT2D eigenvalue weighted by atomic mass is 9.94. The van der Waals surface area contributed by atoms with Gasteiger partial charge in [-0.1, -0.05) is 89.1 Å². The molecule has 0 aliphatic carbocycles. The van der Waals surface area contributed by atoms with Crippen LogP contribution < -0.4 is 5.32 Å². The van der Waals surface area contributed by atoms with Crippen LogP contribution in [0.15, 0.2) is 89.1 Å². The van der Waals surface area contributed by atoms with Gasteiger partial charge in [0.05, 0.1) is 11.6 Å². The largest absolute Gasteiger partial charge is 0.351 e. The maximum Gasteiger partial charge on any atom is 0.258 e. The van der Waals surface area contributed by atoms with Crippen LogP contribution in [-0.4, -0.2) is 20.2 Å². The number of thiocarbonyl (C=S) groups is 1. The van der Waals surface area contributed by atoms with E-state index >= 15 is 0 Å². The summed E-state index contributed by atoms with van der Waals surface area (Å²) in [4.78, 5) is 6.84. The fraction of sp³-hybridized carbons (Fsp3) is 0.148. The molecule has 0 saturated heterocycles. The van der Waals surface area contributed by atoms with Gasteiger partial charge in [-0.3, -0.25) is 0 Å². The van der Waals surface area contributed by atoms with Gasteiger partial charge < -0.3 is 14.7 Å². The maximum absolute atomic E-state index is 6.15. The number of hydrogen-bond acceptors (Lipinski definition) is 4. The van der Waals surface area contributed by atoms with Crippen molar-refractivity contribution in [3.63, 3.8) is 0 Å². The molecule has 0 saturated carbocycles. The van der Waals surface area contributed by atoms with E-state index in [-0.39, 0.29) is 6.04 Å². The molecule has 1 atom stereocenters. The lowest BCUT2D eigenvalue weighted by molar-refractivity contribution is 0.396. The second-order valence-electron chi connectivity index (χ2n) is 8.29. The molecule has 34 heavy (non-hydrogen) atoms. The van der Waals surface area contributed by atoms with E-state index in [1.165, 1.54) is 5.56 Å². The van der Waals surface area contributed by atoms with Gasteiger partial charge in [-0.2, -0.15) is 4.98 Å². The Kier molecular flexibility index (Phi) is 6.18. The number of nitrogens with zero attached hydrogens (tertiary/aromatic N) is 3. The van der Waals surface area contributed by atoms with Crippen LogP contribution in [0, 0.1) is 6.92 Å². The summed E-state index contributed by atoms with van der Waals surface area (Å²) in [6, 6.07) is 25.8. The van der Waals surface area contributed by atoms with Gasteiger partial charge >= 0.3 is 0 Å². The molecule has 1 aliphatic rings. The van der Waals surface area contributed by atoms with E-state index in [9.17, 15) is 0 Å². The minimum absolute atomic E-state index is 0.247. The molecular formula is C27H23ClN4OS. The van der Waals surface area contributed by atoms with Crippen molar-refractivity contribution < 1.29 is 4.52 Å². The van der Waals surface area contributed by atoms with E-state index < -0.39 is 0 Å². The van der Waals surface area contributed by atoms with Gasteiger partial charge in [0.15, 0.2) is 5.11 Å². The molecule has 0 radical (unpaired) electrons. The molecule has 0 fully saturated rings. The Labute approximate surface area is 209 Å². The molecule has 2 heterocycles. The number of benzene rings is 3.